The minimum absolute atomic E-state index is 0.0764. The highest BCUT2D eigenvalue weighted by Gasteiger charge is 2.31. The first-order chi connectivity index (χ1) is 17.7. The highest BCUT2D eigenvalue weighted by atomic mass is 32.2. The van der Waals surface area contributed by atoms with Gasteiger partial charge < -0.3 is 14.7 Å². The Balaban J connectivity index is 1.30. The van der Waals surface area contributed by atoms with Gasteiger partial charge in [-0.2, -0.15) is 13.2 Å². The summed E-state index contributed by atoms with van der Waals surface area (Å²) in [5.41, 5.74) is 2.05. The first kappa shape index (κ1) is 25.0. The molecule has 9 heteroatoms. The van der Waals surface area contributed by atoms with E-state index in [-0.39, 0.29) is 11.8 Å². The number of carbonyl (C=O) groups excluding carboxylic acids is 2. The molecule has 0 unspecified atom stereocenters. The first-order valence-electron chi connectivity index (χ1n) is 11.8. The van der Waals surface area contributed by atoms with Crippen molar-refractivity contribution in [2.45, 2.75) is 11.1 Å². The summed E-state index contributed by atoms with van der Waals surface area (Å²) in [6.07, 6.45) is -2.83. The van der Waals surface area contributed by atoms with Crippen LogP contribution in [0.2, 0.25) is 0 Å². The number of hydrogen-bond acceptors (Lipinski definition) is 4. The summed E-state index contributed by atoms with van der Waals surface area (Å²) in [5.74, 6) is -0.356. The zero-order valence-corrected chi connectivity index (χ0v) is 20.9. The molecule has 0 radical (unpaired) electrons. The molecule has 2 aliphatic heterocycles. The fourth-order valence-electron chi connectivity index (χ4n) is 4.44. The van der Waals surface area contributed by atoms with Gasteiger partial charge in [0.1, 0.15) is 0 Å². The summed E-state index contributed by atoms with van der Waals surface area (Å²) in [6, 6.07) is 20.1. The fourth-order valence-corrected chi connectivity index (χ4v) is 5.53. The van der Waals surface area contributed by atoms with Crippen LogP contribution >= 0.6 is 11.8 Å². The lowest BCUT2D eigenvalue weighted by Crippen LogP contribution is -2.48. The molecule has 0 aliphatic carbocycles. The molecule has 0 spiro atoms. The van der Waals surface area contributed by atoms with Crippen LogP contribution in [0.4, 0.5) is 24.5 Å². The van der Waals surface area contributed by atoms with Gasteiger partial charge in [-0.25, -0.2) is 0 Å². The van der Waals surface area contributed by atoms with Crippen LogP contribution in [0.3, 0.4) is 0 Å². The number of likely N-dealkylation sites (N-methyl/N-ethyl adjacent to an activating group) is 1. The van der Waals surface area contributed by atoms with Gasteiger partial charge in [0.05, 0.1) is 16.2 Å². The van der Waals surface area contributed by atoms with E-state index >= 15 is 0 Å². The van der Waals surface area contributed by atoms with Crippen molar-refractivity contribution in [1.29, 1.82) is 0 Å². The van der Waals surface area contributed by atoms with Crippen LogP contribution in [-0.4, -0.2) is 49.9 Å². The Labute approximate surface area is 217 Å². The summed E-state index contributed by atoms with van der Waals surface area (Å²) in [4.78, 5) is 33.0. The molecule has 190 valence electrons. The van der Waals surface area contributed by atoms with E-state index in [1.165, 1.54) is 28.8 Å². The van der Waals surface area contributed by atoms with Gasteiger partial charge in [-0.3, -0.25) is 9.59 Å². The molecule has 0 aromatic heterocycles. The number of anilines is 2. The average Bonchev–Trinajstić information content (AvgIpc) is 2.91. The number of benzene rings is 3. The molecule has 3 aromatic carbocycles. The topological polar surface area (TPSA) is 43.9 Å². The Morgan fingerprint density at radius 1 is 0.919 bits per heavy atom. The average molecular weight is 524 g/mol. The predicted molar refractivity (Wildman–Crippen MR) is 140 cm³/mol. The molecule has 37 heavy (non-hydrogen) atoms. The Morgan fingerprint density at radius 2 is 1.59 bits per heavy atom. The molecule has 2 heterocycles. The predicted octanol–water partition coefficient (Wildman–Crippen LogP) is 5.78. The molecule has 5 rings (SSSR count). The number of thioether (sulfide) groups is 1. The number of halogens is 3. The van der Waals surface area contributed by atoms with Crippen molar-refractivity contribution in [1.82, 2.24) is 4.90 Å². The van der Waals surface area contributed by atoms with Crippen molar-refractivity contribution in [3.63, 3.8) is 0 Å². The number of rotatable bonds is 3. The zero-order valence-electron chi connectivity index (χ0n) is 20.0. The number of hydrogen-bond donors (Lipinski definition) is 0. The quantitative estimate of drug-likeness (QED) is 0.409. The number of fused-ring (bicyclic) bond motifs is 1. The van der Waals surface area contributed by atoms with E-state index in [0.717, 1.165) is 35.8 Å². The highest BCUT2D eigenvalue weighted by Crippen LogP contribution is 2.42. The minimum atomic E-state index is -4.41. The minimum Gasteiger partial charge on any atom is -0.368 e. The van der Waals surface area contributed by atoms with E-state index in [9.17, 15) is 22.8 Å². The van der Waals surface area contributed by atoms with E-state index in [0.29, 0.717) is 34.8 Å². The van der Waals surface area contributed by atoms with Gasteiger partial charge in [-0.1, -0.05) is 42.1 Å². The number of para-hydroxylation sites is 1. The Morgan fingerprint density at radius 3 is 2.24 bits per heavy atom. The SMILES string of the molecule is CN1C(=O)/C(=C/c2ccc(C(F)(F)F)cc2)Sc2ccc(C(=O)N3CCN(c4ccccc4)CC3)cc21. The first-order valence-corrected chi connectivity index (χ1v) is 12.6. The molecule has 0 atom stereocenters. The molecular weight excluding hydrogens is 499 g/mol. The number of carbonyl (C=O) groups is 2. The van der Waals surface area contributed by atoms with E-state index in [2.05, 4.69) is 17.0 Å². The van der Waals surface area contributed by atoms with Gasteiger partial charge in [-0.15, -0.1) is 0 Å². The van der Waals surface area contributed by atoms with E-state index in [1.807, 2.05) is 29.2 Å². The number of amides is 2. The summed E-state index contributed by atoms with van der Waals surface area (Å²) in [6.45, 7) is 2.70. The van der Waals surface area contributed by atoms with E-state index in [1.54, 1.807) is 25.3 Å². The molecule has 0 saturated carbocycles. The molecule has 3 aromatic rings. The van der Waals surface area contributed by atoms with Crippen molar-refractivity contribution < 1.29 is 22.8 Å². The normalized spacial score (nSPS) is 17.2. The molecule has 1 fully saturated rings. The van der Waals surface area contributed by atoms with Gasteiger partial charge in [0, 0.05) is 49.4 Å². The van der Waals surface area contributed by atoms with Crippen LogP contribution in [0, 0.1) is 0 Å². The van der Waals surface area contributed by atoms with Crippen molar-refractivity contribution in [3.05, 3.63) is 94.4 Å². The second-order valence-corrected chi connectivity index (χ2v) is 9.98. The molecule has 5 nitrogen and oxygen atoms in total. The van der Waals surface area contributed by atoms with Gasteiger partial charge in [0.25, 0.3) is 11.8 Å². The van der Waals surface area contributed by atoms with Crippen molar-refractivity contribution in [3.8, 4) is 0 Å². The lowest BCUT2D eigenvalue weighted by molar-refractivity contribution is -0.137. The number of alkyl halides is 3. The molecular formula is C28H24F3N3O2S. The summed E-state index contributed by atoms with van der Waals surface area (Å²) in [5, 5.41) is 0. The van der Waals surface area contributed by atoms with Crippen LogP contribution in [0.1, 0.15) is 21.5 Å². The molecule has 0 bridgehead atoms. The second kappa shape index (κ2) is 9.97. The largest absolute Gasteiger partial charge is 0.416 e. The van der Waals surface area contributed by atoms with E-state index in [4.69, 9.17) is 0 Å². The second-order valence-electron chi connectivity index (χ2n) is 8.89. The third kappa shape index (κ3) is 5.22. The lowest BCUT2D eigenvalue weighted by atomic mass is 10.1. The fraction of sp³-hybridized carbons (Fsp3) is 0.214. The monoisotopic (exact) mass is 523 g/mol. The molecule has 2 aliphatic rings. The van der Waals surface area contributed by atoms with Gasteiger partial charge in [-0.05, 0) is 54.1 Å². The summed E-state index contributed by atoms with van der Waals surface area (Å²) < 4.78 is 38.5. The van der Waals surface area contributed by atoms with Crippen LogP contribution in [0.25, 0.3) is 6.08 Å². The Bertz CT molecular complexity index is 1350. The number of nitrogens with zero attached hydrogens (tertiary/aromatic N) is 3. The smallest absolute Gasteiger partial charge is 0.368 e. The standard InChI is InChI=1S/C28H24F3N3O2S/c1-32-23-18-20(26(35)34-15-13-33(14-16-34)22-5-3-2-4-6-22)9-12-24(23)37-25(27(32)36)17-19-7-10-21(11-8-19)28(29,30)31/h2-12,17-18H,13-16H2,1H3/b25-17-. The van der Waals surface area contributed by atoms with E-state index < -0.39 is 11.7 Å². The molecule has 2 amide bonds. The maximum atomic E-state index is 13.2. The van der Waals surface area contributed by atoms with Crippen molar-refractivity contribution >= 4 is 41.0 Å². The highest BCUT2D eigenvalue weighted by molar-refractivity contribution is 8.04. The summed E-state index contributed by atoms with van der Waals surface area (Å²) in [7, 11) is 1.63. The Hall–Kier alpha value is -3.72. The van der Waals surface area contributed by atoms with Crippen LogP contribution < -0.4 is 9.80 Å². The van der Waals surface area contributed by atoms with Gasteiger partial charge in [0.2, 0.25) is 0 Å². The van der Waals surface area contributed by atoms with Gasteiger partial charge in [0.15, 0.2) is 0 Å². The molecule has 0 N–H and O–H groups in total. The molecule has 1 saturated heterocycles. The van der Waals surface area contributed by atoms with Crippen LogP contribution in [-0.2, 0) is 11.0 Å². The number of piperazine rings is 1. The van der Waals surface area contributed by atoms with Crippen molar-refractivity contribution in [2.75, 3.05) is 43.0 Å². The van der Waals surface area contributed by atoms with Crippen molar-refractivity contribution in [2.24, 2.45) is 0 Å². The lowest BCUT2D eigenvalue weighted by Gasteiger charge is -2.36. The Kier molecular flexibility index (Phi) is 6.72. The maximum Gasteiger partial charge on any atom is 0.416 e. The van der Waals surface area contributed by atoms with Crippen LogP contribution in [0.5, 0.6) is 0 Å². The third-order valence-corrected chi connectivity index (χ3v) is 7.60. The third-order valence-electron chi connectivity index (χ3n) is 6.53. The summed E-state index contributed by atoms with van der Waals surface area (Å²) >= 11 is 1.24. The van der Waals surface area contributed by atoms with Crippen LogP contribution in [0.15, 0.2) is 82.6 Å². The van der Waals surface area contributed by atoms with Gasteiger partial charge >= 0.3 is 6.18 Å². The maximum absolute atomic E-state index is 13.2. The zero-order chi connectivity index (χ0) is 26.2.